The summed E-state index contributed by atoms with van der Waals surface area (Å²) in [6.45, 7) is 0.350. The minimum atomic E-state index is -0.851. The monoisotopic (exact) mass is 503 g/mol. The topological polar surface area (TPSA) is 107 Å². The van der Waals surface area contributed by atoms with Crippen LogP contribution in [0.4, 0.5) is 5.69 Å². The number of hydrogen-bond donors (Lipinski definition) is 0. The average molecular weight is 504 g/mol. The molecular formula is C27H25N3O7. The predicted molar refractivity (Wildman–Crippen MR) is 131 cm³/mol. The van der Waals surface area contributed by atoms with Gasteiger partial charge in [-0.1, -0.05) is 24.3 Å². The van der Waals surface area contributed by atoms with Crippen molar-refractivity contribution in [3.05, 3.63) is 64.9 Å². The molecule has 2 aromatic carbocycles. The minimum Gasteiger partial charge on any atom is -0.466 e. The summed E-state index contributed by atoms with van der Waals surface area (Å²) in [4.78, 5) is 47.9. The fraction of sp³-hybridized carbons (Fsp3) is 0.333. The van der Waals surface area contributed by atoms with Crippen molar-refractivity contribution in [3.63, 3.8) is 0 Å². The van der Waals surface area contributed by atoms with Crippen molar-refractivity contribution >= 4 is 29.4 Å². The first-order valence-electron chi connectivity index (χ1n) is 11.9. The molecule has 0 radical (unpaired) electrons. The van der Waals surface area contributed by atoms with Crippen LogP contribution in [0.15, 0.2) is 58.7 Å². The lowest BCUT2D eigenvalue weighted by molar-refractivity contribution is -0.140. The Balaban J connectivity index is 1.57. The molecule has 0 unspecified atom stereocenters. The first-order valence-corrected chi connectivity index (χ1v) is 11.9. The van der Waals surface area contributed by atoms with Crippen LogP contribution < -0.4 is 14.4 Å². The number of aliphatic imine (C=N–C) groups is 1. The zero-order valence-corrected chi connectivity index (χ0v) is 20.6. The van der Waals surface area contributed by atoms with Crippen molar-refractivity contribution in [1.82, 2.24) is 4.90 Å². The summed E-state index contributed by atoms with van der Waals surface area (Å²) in [5.74, 6) is 0.104. The number of carbonyl (C=O) groups is 3. The molecule has 10 nitrogen and oxygen atoms in total. The second-order valence-electron chi connectivity index (χ2n) is 9.35. The van der Waals surface area contributed by atoms with E-state index in [-0.39, 0.29) is 36.9 Å². The van der Waals surface area contributed by atoms with E-state index >= 15 is 0 Å². The summed E-state index contributed by atoms with van der Waals surface area (Å²) in [7, 11) is 4.38. The molecule has 4 heterocycles. The highest BCUT2D eigenvalue weighted by Crippen LogP contribution is 2.55. The first-order chi connectivity index (χ1) is 17.9. The molecule has 4 aliphatic heterocycles. The largest absolute Gasteiger partial charge is 0.466 e. The molecule has 0 N–H and O–H groups in total. The van der Waals surface area contributed by atoms with Crippen LogP contribution in [0.25, 0.3) is 0 Å². The fourth-order valence-corrected chi connectivity index (χ4v) is 6.05. The second-order valence-corrected chi connectivity index (χ2v) is 9.35. The molecule has 1 amide bonds. The standard InChI is InChI=1S/C27H25N3O7/c1-29-17-7-5-4-6-16(17)27-11-10-20(31)30(13-15-8-9-18-19(12-15)37-14-36-18)26(27)28-22(25(33)35-3)21(23(27)29)24(32)34-2/h4-9,12,23H,10-11,13-14H2,1-3H3/t23-,27-/m0/s1. The highest BCUT2D eigenvalue weighted by molar-refractivity contribution is 6.15. The number of rotatable bonds is 4. The Bertz CT molecular complexity index is 1410. The van der Waals surface area contributed by atoms with Gasteiger partial charge in [0.1, 0.15) is 5.84 Å². The van der Waals surface area contributed by atoms with E-state index in [1.807, 2.05) is 48.3 Å². The maximum atomic E-state index is 13.4. The van der Waals surface area contributed by atoms with Crippen molar-refractivity contribution < 1.29 is 33.3 Å². The molecular weight excluding hydrogens is 478 g/mol. The van der Waals surface area contributed by atoms with E-state index in [1.165, 1.54) is 14.2 Å². The van der Waals surface area contributed by atoms with Crippen molar-refractivity contribution in [2.75, 3.05) is 33.0 Å². The lowest BCUT2D eigenvalue weighted by Gasteiger charge is -2.48. The van der Waals surface area contributed by atoms with Gasteiger partial charge in [-0.3, -0.25) is 9.69 Å². The summed E-state index contributed by atoms with van der Waals surface area (Å²) in [5.41, 5.74) is 1.76. The number of likely N-dealkylation sites (N-methyl/N-ethyl adjacent to an activating group) is 1. The molecule has 6 rings (SSSR count). The van der Waals surface area contributed by atoms with Gasteiger partial charge in [-0.25, -0.2) is 14.6 Å². The summed E-state index contributed by atoms with van der Waals surface area (Å²) in [6, 6.07) is 12.7. The van der Waals surface area contributed by atoms with E-state index in [1.54, 1.807) is 11.0 Å². The smallest absolute Gasteiger partial charge is 0.357 e. The summed E-state index contributed by atoms with van der Waals surface area (Å²) < 4.78 is 21.1. The molecule has 1 saturated heterocycles. The normalized spacial score (nSPS) is 23.3. The number of likely N-dealkylation sites (tertiary alicyclic amines) is 1. The number of esters is 2. The number of piperidine rings is 1. The second kappa shape index (κ2) is 8.36. The number of amides is 1. The highest BCUT2D eigenvalue weighted by Gasteiger charge is 2.62. The van der Waals surface area contributed by atoms with Gasteiger partial charge in [0.2, 0.25) is 12.7 Å². The Morgan fingerprint density at radius 1 is 1.08 bits per heavy atom. The predicted octanol–water partition coefficient (Wildman–Crippen LogP) is 2.31. The van der Waals surface area contributed by atoms with Gasteiger partial charge in [0.05, 0.1) is 37.8 Å². The molecule has 0 aromatic heterocycles. The van der Waals surface area contributed by atoms with Crippen LogP contribution in [0.5, 0.6) is 11.5 Å². The molecule has 1 spiro atoms. The Morgan fingerprint density at radius 3 is 2.62 bits per heavy atom. The van der Waals surface area contributed by atoms with E-state index in [0.717, 1.165) is 16.8 Å². The zero-order valence-electron chi connectivity index (χ0n) is 20.6. The van der Waals surface area contributed by atoms with Gasteiger partial charge in [-0.05, 0) is 35.7 Å². The summed E-state index contributed by atoms with van der Waals surface area (Å²) >= 11 is 0. The molecule has 190 valence electrons. The maximum Gasteiger partial charge on any atom is 0.357 e. The van der Waals surface area contributed by atoms with Crippen LogP contribution in [-0.4, -0.2) is 62.7 Å². The molecule has 10 heteroatoms. The lowest BCUT2D eigenvalue weighted by atomic mass is 9.65. The quantitative estimate of drug-likeness (QED) is 0.585. The van der Waals surface area contributed by atoms with Gasteiger partial charge in [0.25, 0.3) is 0 Å². The molecule has 37 heavy (non-hydrogen) atoms. The molecule has 4 aliphatic rings. The van der Waals surface area contributed by atoms with E-state index in [4.69, 9.17) is 23.9 Å². The zero-order chi connectivity index (χ0) is 25.9. The fourth-order valence-electron chi connectivity index (χ4n) is 6.05. The Morgan fingerprint density at radius 2 is 1.84 bits per heavy atom. The number of para-hydroxylation sites is 1. The summed E-state index contributed by atoms with van der Waals surface area (Å²) in [6.07, 6.45) is 0.660. The van der Waals surface area contributed by atoms with Gasteiger partial charge in [-0.2, -0.15) is 0 Å². The number of hydrogen-bond acceptors (Lipinski definition) is 9. The van der Waals surface area contributed by atoms with E-state index in [0.29, 0.717) is 23.8 Å². The maximum absolute atomic E-state index is 13.4. The molecule has 0 bridgehead atoms. The first kappa shape index (κ1) is 23.1. The summed E-state index contributed by atoms with van der Waals surface area (Å²) in [5, 5.41) is 0. The van der Waals surface area contributed by atoms with Crippen LogP contribution >= 0.6 is 0 Å². The Kier molecular flexibility index (Phi) is 5.22. The van der Waals surface area contributed by atoms with Crippen LogP contribution in [0.3, 0.4) is 0 Å². The van der Waals surface area contributed by atoms with E-state index in [2.05, 4.69) is 0 Å². The molecule has 2 atom stereocenters. The number of nitrogens with zero attached hydrogens (tertiary/aromatic N) is 3. The van der Waals surface area contributed by atoms with Gasteiger partial charge < -0.3 is 23.8 Å². The average Bonchev–Trinajstić information content (AvgIpc) is 3.49. The minimum absolute atomic E-state index is 0.120. The molecule has 1 fully saturated rings. The SMILES string of the molecule is COC(=O)C1=C(C(=O)OC)[C@@H]2N(C)c3ccccc3[C@@]23CCC(=O)N(Cc2ccc4c(c2)OCO4)C3=N1. The Labute approximate surface area is 213 Å². The third-order valence-electron chi connectivity index (χ3n) is 7.62. The Hall–Kier alpha value is -4.34. The van der Waals surface area contributed by atoms with Gasteiger partial charge in [-0.15, -0.1) is 0 Å². The molecule has 0 aliphatic carbocycles. The molecule has 2 aromatic rings. The number of benzene rings is 2. The van der Waals surface area contributed by atoms with Crippen LogP contribution in [0.1, 0.15) is 24.0 Å². The van der Waals surface area contributed by atoms with Crippen molar-refractivity contribution in [2.45, 2.75) is 30.8 Å². The highest BCUT2D eigenvalue weighted by atomic mass is 16.7. The number of amidine groups is 1. The van der Waals surface area contributed by atoms with Crippen molar-refractivity contribution in [3.8, 4) is 11.5 Å². The number of anilines is 1. The van der Waals surface area contributed by atoms with Crippen molar-refractivity contribution in [2.24, 2.45) is 4.99 Å². The van der Waals surface area contributed by atoms with Crippen LogP contribution in [0.2, 0.25) is 0 Å². The molecule has 0 saturated carbocycles. The van der Waals surface area contributed by atoms with E-state index in [9.17, 15) is 14.4 Å². The lowest BCUT2D eigenvalue weighted by Crippen LogP contribution is -2.62. The third-order valence-corrected chi connectivity index (χ3v) is 7.62. The van der Waals surface area contributed by atoms with Crippen LogP contribution in [0, 0.1) is 0 Å². The van der Waals surface area contributed by atoms with Gasteiger partial charge in [0.15, 0.2) is 17.2 Å². The number of methoxy groups -OCH3 is 2. The van der Waals surface area contributed by atoms with Crippen LogP contribution in [-0.2, 0) is 35.8 Å². The third kappa shape index (κ3) is 3.18. The van der Waals surface area contributed by atoms with E-state index < -0.39 is 23.4 Å². The number of carbonyl (C=O) groups excluding carboxylic acids is 3. The van der Waals surface area contributed by atoms with Crippen molar-refractivity contribution in [1.29, 1.82) is 0 Å². The van der Waals surface area contributed by atoms with Gasteiger partial charge in [0, 0.05) is 19.2 Å². The number of ether oxygens (including phenoxy) is 4. The number of fused-ring (bicyclic) bond motifs is 2. The van der Waals surface area contributed by atoms with Gasteiger partial charge >= 0.3 is 11.9 Å².